The van der Waals surface area contributed by atoms with Crippen molar-refractivity contribution in [2.45, 2.75) is 50.1 Å². The minimum Gasteiger partial charge on any atom is -0.508 e. The molecule has 0 saturated heterocycles. The number of hydrogen-bond acceptors (Lipinski definition) is 8. The molecule has 0 aliphatic rings. The molecule has 0 aliphatic heterocycles. The number of amides is 4. The largest absolute Gasteiger partial charge is 0.508 e. The number of hydrogen-bond donors (Lipinski definition) is 5. The molecule has 0 aliphatic carbocycles. The van der Waals surface area contributed by atoms with Crippen LogP contribution >= 0.6 is 12.4 Å². The van der Waals surface area contributed by atoms with Crippen molar-refractivity contribution < 1.29 is 32.7 Å². The third-order valence-corrected chi connectivity index (χ3v) is 8.25. The fourth-order valence-corrected chi connectivity index (χ4v) is 4.12. The molecule has 2 aromatic rings. The standard InChI is InChI=1S/C28H39N5O7S.ClH/c1-18(41(4,39)40)16-30-28(38)24(15-20-8-6-5-7-9-20)33(3)25(35)17-31-26(36)19(2)32-27(37)23(29)14-21-10-12-22(34)13-11-21;/h5-13,18-19,23-24,34H,14-17,29H2,1-4H3,(H,30,38)(H,31,36)(H,32,37);1H/t18?,19-,23+,24+;/m1./s1. The Labute approximate surface area is 252 Å². The van der Waals surface area contributed by atoms with Crippen molar-refractivity contribution in [1.82, 2.24) is 20.9 Å². The predicted octanol–water partition coefficient (Wildman–Crippen LogP) is -0.0763. The molecule has 0 spiro atoms. The van der Waals surface area contributed by atoms with Gasteiger partial charge in [0.2, 0.25) is 23.6 Å². The van der Waals surface area contributed by atoms with Gasteiger partial charge in [-0.25, -0.2) is 8.42 Å². The van der Waals surface area contributed by atoms with Gasteiger partial charge in [-0.05, 0) is 43.5 Å². The molecule has 12 nitrogen and oxygen atoms in total. The Morgan fingerprint density at radius 1 is 0.881 bits per heavy atom. The maximum Gasteiger partial charge on any atom is 0.243 e. The van der Waals surface area contributed by atoms with Crippen molar-refractivity contribution in [2.75, 3.05) is 26.4 Å². The van der Waals surface area contributed by atoms with Gasteiger partial charge in [0.1, 0.15) is 17.8 Å². The zero-order valence-corrected chi connectivity index (χ0v) is 25.7. The zero-order chi connectivity index (χ0) is 30.7. The number of halogens is 1. The number of carbonyl (C=O) groups excluding carboxylic acids is 4. The number of aromatic hydroxyl groups is 1. The smallest absolute Gasteiger partial charge is 0.243 e. The fourth-order valence-electron chi connectivity index (χ4n) is 3.74. The molecule has 0 aromatic heterocycles. The lowest BCUT2D eigenvalue weighted by molar-refractivity contribution is -0.139. The average molecular weight is 626 g/mol. The zero-order valence-electron chi connectivity index (χ0n) is 24.1. The number of nitrogens with zero attached hydrogens (tertiary/aromatic N) is 1. The fraction of sp³-hybridized carbons (Fsp3) is 0.429. The van der Waals surface area contributed by atoms with Gasteiger partial charge in [0, 0.05) is 26.3 Å². The molecule has 0 radical (unpaired) electrons. The van der Waals surface area contributed by atoms with Crippen molar-refractivity contribution >= 4 is 45.9 Å². The summed E-state index contributed by atoms with van der Waals surface area (Å²) in [5, 5.41) is 16.2. The summed E-state index contributed by atoms with van der Waals surface area (Å²) in [4.78, 5) is 52.3. The molecule has 0 fully saturated rings. The predicted molar refractivity (Wildman–Crippen MR) is 162 cm³/mol. The number of sulfone groups is 1. The molecule has 2 aromatic carbocycles. The topological polar surface area (TPSA) is 188 Å². The van der Waals surface area contributed by atoms with Crippen molar-refractivity contribution in [3.63, 3.8) is 0 Å². The lowest BCUT2D eigenvalue weighted by Crippen LogP contribution is -2.54. The van der Waals surface area contributed by atoms with E-state index in [1.165, 1.54) is 37.9 Å². The Balaban J connectivity index is 0.00000882. The van der Waals surface area contributed by atoms with Gasteiger partial charge >= 0.3 is 0 Å². The second-order valence-electron chi connectivity index (χ2n) is 10.0. The number of rotatable bonds is 14. The highest BCUT2D eigenvalue weighted by molar-refractivity contribution is 7.91. The molecular weight excluding hydrogens is 586 g/mol. The number of nitrogens with one attached hydrogen (secondary N) is 3. The molecule has 4 atom stereocenters. The molecule has 0 bridgehead atoms. The average Bonchev–Trinajstić information content (AvgIpc) is 2.93. The highest BCUT2D eigenvalue weighted by atomic mass is 35.5. The third kappa shape index (κ3) is 11.7. The molecule has 4 amide bonds. The van der Waals surface area contributed by atoms with Crippen molar-refractivity contribution in [2.24, 2.45) is 5.73 Å². The van der Waals surface area contributed by atoms with Crippen LogP contribution in [0.2, 0.25) is 0 Å². The number of nitrogens with two attached hydrogens (primary N) is 1. The van der Waals surface area contributed by atoms with Gasteiger partial charge in [0.25, 0.3) is 0 Å². The van der Waals surface area contributed by atoms with Gasteiger partial charge in [-0.3, -0.25) is 19.2 Å². The van der Waals surface area contributed by atoms with Crippen molar-refractivity contribution in [1.29, 1.82) is 0 Å². The molecule has 0 saturated carbocycles. The minimum absolute atomic E-state index is 0. The van der Waals surface area contributed by atoms with Crippen LogP contribution in [0.1, 0.15) is 25.0 Å². The van der Waals surface area contributed by atoms with Crippen LogP contribution in [0.5, 0.6) is 5.75 Å². The summed E-state index contributed by atoms with van der Waals surface area (Å²) in [5.41, 5.74) is 7.47. The van der Waals surface area contributed by atoms with Crippen LogP contribution in [0.4, 0.5) is 0 Å². The molecule has 42 heavy (non-hydrogen) atoms. The van der Waals surface area contributed by atoms with Gasteiger partial charge in [-0.1, -0.05) is 42.5 Å². The lowest BCUT2D eigenvalue weighted by Gasteiger charge is -2.28. The normalized spacial score (nSPS) is 13.8. The Morgan fingerprint density at radius 3 is 2.02 bits per heavy atom. The molecular formula is C28H40ClN5O7S. The van der Waals surface area contributed by atoms with E-state index >= 15 is 0 Å². The number of likely N-dealkylation sites (N-methyl/N-ethyl adjacent to an activating group) is 1. The summed E-state index contributed by atoms with van der Waals surface area (Å²) in [6.45, 7) is 2.37. The number of benzene rings is 2. The molecule has 2 rings (SSSR count). The molecule has 1 unspecified atom stereocenters. The quantitative estimate of drug-likeness (QED) is 0.193. The first-order valence-corrected chi connectivity index (χ1v) is 15.0. The summed E-state index contributed by atoms with van der Waals surface area (Å²) < 4.78 is 23.5. The first kappa shape index (κ1) is 36.3. The highest BCUT2D eigenvalue weighted by Crippen LogP contribution is 2.11. The second kappa shape index (κ2) is 16.7. The van der Waals surface area contributed by atoms with E-state index in [1.807, 2.05) is 6.07 Å². The van der Waals surface area contributed by atoms with E-state index in [4.69, 9.17) is 5.73 Å². The lowest BCUT2D eigenvalue weighted by atomic mass is 10.0. The van der Waals surface area contributed by atoms with Gasteiger partial charge in [0.05, 0.1) is 17.8 Å². The van der Waals surface area contributed by atoms with Gasteiger partial charge in [0.15, 0.2) is 9.84 Å². The second-order valence-corrected chi connectivity index (χ2v) is 12.5. The first-order chi connectivity index (χ1) is 19.2. The van der Waals surface area contributed by atoms with Gasteiger partial charge < -0.3 is 31.7 Å². The van der Waals surface area contributed by atoms with Crippen LogP contribution in [0.3, 0.4) is 0 Å². The number of phenols is 1. The van der Waals surface area contributed by atoms with Crippen LogP contribution < -0.4 is 21.7 Å². The van der Waals surface area contributed by atoms with E-state index in [0.29, 0.717) is 0 Å². The third-order valence-electron chi connectivity index (χ3n) is 6.62. The molecule has 0 heterocycles. The SMILES string of the molecule is CC(CNC(=O)[C@H](Cc1ccccc1)N(C)C(=O)CNC(=O)[C@@H](C)NC(=O)[C@@H](N)Cc1ccc(O)cc1)S(C)(=O)=O.Cl. The van der Waals surface area contributed by atoms with E-state index in [0.717, 1.165) is 17.4 Å². The Hall–Kier alpha value is -3.68. The Kier molecular flexibility index (Phi) is 14.4. The van der Waals surface area contributed by atoms with E-state index in [9.17, 15) is 32.7 Å². The van der Waals surface area contributed by atoms with E-state index in [2.05, 4.69) is 16.0 Å². The maximum absolute atomic E-state index is 13.0. The van der Waals surface area contributed by atoms with Crippen LogP contribution in [-0.2, 0) is 41.9 Å². The molecule has 232 valence electrons. The maximum atomic E-state index is 13.0. The molecule has 14 heteroatoms. The van der Waals surface area contributed by atoms with Crippen LogP contribution in [-0.4, -0.2) is 91.8 Å². The Morgan fingerprint density at radius 2 is 1.45 bits per heavy atom. The summed E-state index contributed by atoms with van der Waals surface area (Å²) >= 11 is 0. The summed E-state index contributed by atoms with van der Waals surface area (Å²) in [6.07, 6.45) is 1.44. The molecule has 6 N–H and O–H groups in total. The van der Waals surface area contributed by atoms with E-state index in [1.54, 1.807) is 36.4 Å². The van der Waals surface area contributed by atoms with Crippen molar-refractivity contribution in [3.8, 4) is 5.75 Å². The van der Waals surface area contributed by atoms with E-state index < -0.39 is 63.4 Å². The summed E-state index contributed by atoms with van der Waals surface area (Å²) in [5.74, 6) is -2.19. The van der Waals surface area contributed by atoms with E-state index in [-0.39, 0.29) is 37.5 Å². The highest BCUT2D eigenvalue weighted by Gasteiger charge is 2.29. The first-order valence-electron chi connectivity index (χ1n) is 13.1. The van der Waals surface area contributed by atoms with Gasteiger partial charge in [-0.15, -0.1) is 12.4 Å². The number of phenolic OH excluding ortho intramolecular Hbond substituents is 1. The van der Waals surface area contributed by atoms with Crippen molar-refractivity contribution in [3.05, 3.63) is 65.7 Å². The summed E-state index contributed by atoms with van der Waals surface area (Å²) in [6, 6.07) is 12.3. The number of carbonyl (C=O) groups is 4. The minimum atomic E-state index is -3.37. The van der Waals surface area contributed by atoms with Gasteiger partial charge in [-0.2, -0.15) is 0 Å². The van der Waals surface area contributed by atoms with Crippen LogP contribution in [0.15, 0.2) is 54.6 Å². The summed E-state index contributed by atoms with van der Waals surface area (Å²) in [7, 11) is -1.94. The monoisotopic (exact) mass is 625 g/mol. The van der Waals surface area contributed by atoms with Crippen LogP contribution in [0.25, 0.3) is 0 Å². The van der Waals surface area contributed by atoms with Crippen LogP contribution in [0, 0.1) is 0 Å². The Bertz CT molecular complexity index is 1310.